The van der Waals surface area contributed by atoms with Crippen LogP contribution in [0.25, 0.3) is 0 Å². The van der Waals surface area contributed by atoms with E-state index in [1.165, 1.54) is 37.8 Å². The van der Waals surface area contributed by atoms with Crippen molar-refractivity contribution in [1.29, 1.82) is 0 Å². The second-order valence-corrected chi connectivity index (χ2v) is 4.73. The Morgan fingerprint density at radius 2 is 1.74 bits per heavy atom. The van der Waals surface area contributed by atoms with Crippen LogP contribution in [0.5, 0.6) is 0 Å². The highest BCUT2D eigenvalue weighted by atomic mass is 16.5. The highest BCUT2D eigenvalue weighted by molar-refractivity contribution is 5.81. The van der Waals surface area contributed by atoms with Crippen LogP contribution in [-0.2, 0) is 9.53 Å². The van der Waals surface area contributed by atoms with Crippen molar-refractivity contribution in [3.05, 3.63) is 12.2 Å². The van der Waals surface area contributed by atoms with Gasteiger partial charge < -0.3 is 14.9 Å². The largest absolute Gasteiger partial charge is 0.463 e. The molecule has 0 radical (unpaired) electrons. The molecule has 19 heavy (non-hydrogen) atoms. The number of aliphatic hydroxyl groups excluding tert-OH is 2. The number of carbonyl (C=O) groups excluding carboxylic acids is 1. The Morgan fingerprint density at radius 1 is 1.11 bits per heavy atom. The van der Waals surface area contributed by atoms with Crippen LogP contribution in [0.3, 0.4) is 0 Å². The van der Waals surface area contributed by atoms with Gasteiger partial charge in [-0.15, -0.1) is 0 Å². The summed E-state index contributed by atoms with van der Waals surface area (Å²) < 4.78 is 4.69. The second-order valence-electron chi connectivity index (χ2n) is 4.73. The van der Waals surface area contributed by atoms with E-state index in [1.54, 1.807) is 6.92 Å². The van der Waals surface area contributed by atoms with E-state index in [1.807, 2.05) is 0 Å². The third-order valence-electron chi connectivity index (χ3n) is 2.96. The molecule has 0 aromatic rings. The van der Waals surface area contributed by atoms with Crippen LogP contribution in [0.4, 0.5) is 0 Å². The molecule has 0 bridgehead atoms. The van der Waals surface area contributed by atoms with Crippen molar-refractivity contribution in [3.8, 4) is 0 Å². The summed E-state index contributed by atoms with van der Waals surface area (Å²) >= 11 is 0. The monoisotopic (exact) mass is 272 g/mol. The van der Waals surface area contributed by atoms with Crippen LogP contribution in [-0.4, -0.2) is 35.0 Å². The Labute approximate surface area is 116 Å². The Balaban J connectivity index is 3.69. The number of carbonyl (C=O) groups is 1. The van der Waals surface area contributed by atoms with Gasteiger partial charge in [-0.1, -0.05) is 45.4 Å². The minimum absolute atomic E-state index is 0.305. The Hall–Kier alpha value is -0.870. The van der Waals surface area contributed by atoms with Gasteiger partial charge >= 0.3 is 5.97 Å². The van der Waals surface area contributed by atoms with Crippen molar-refractivity contribution in [3.63, 3.8) is 0 Å². The zero-order chi connectivity index (χ0) is 14.5. The van der Waals surface area contributed by atoms with E-state index in [4.69, 9.17) is 0 Å². The van der Waals surface area contributed by atoms with Gasteiger partial charge in [0.05, 0.1) is 18.8 Å². The molecule has 0 aromatic heterocycles. The molecule has 0 fully saturated rings. The van der Waals surface area contributed by atoms with E-state index in [-0.39, 0.29) is 0 Å². The predicted molar refractivity (Wildman–Crippen MR) is 75.8 cm³/mol. The molecule has 4 heteroatoms. The van der Waals surface area contributed by atoms with E-state index in [2.05, 4.69) is 11.7 Å². The molecule has 4 nitrogen and oxygen atoms in total. The van der Waals surface area contributed by atoms with E-state index in [9.17, 15) is 15.0 Å². The number of esters is 1. The third-order valence-corrected chi connectivity index (χ3v) is 2.96. The van der Waals surface area contributed by atoms with Crippen LogP contribution in [0, 0.1) is 0 Å². The highest BCUT2D eigenvalue weighted by Crippen LogP contribution is 2.11. The molecule has 0 amide bonds. The summed E-state index contributed by atoms with van der Waals surface area (Å²) in [5.41, 5.74) is 0. The topological polar surface area (TPSA) is 66.8 Å². The Morgan fingerprint density at radius 3 is 2.37 bits per heavy atom. The lowest BCUT2D eigenvalue weighted by Gasteiger charge is -2.14. The van der Waals surface area contributed by atoms with Crippen LogP contribution in [0.15, 0.2) is 12.2 Å². The average molecular weight is 272 g/mol. The van der Waals surface area contributed by atoms with Crippen molar-refractivity contribution in [2.75, 3.05) is 6.61 Å². The minimum atomic E-state index is -1.000. The molecule has 0 saturated carbocycles. The first-order valence-corrected chi connectivity index (χ1v) is 7.32. The van der Waals surface area contributed by atoms with Crippen molar-refractivity contribution in [2.24, 2.45) is 0 Å². The quantitative estimate of drug-likeness (QED) is 0.345. The predicted octanol–water partition coefficient (Wildman–Crippen LogP) is 2.58. The smallest absolute Gasteiger partial charge is 0.330 e. The molecule has 0 aliphatic rings. The van der Waals surface area contributed by atoms with Crippen molar-refractivity contribution >= 4 is 5.97 Å². The number of hydrogen-bond acceptors (Lipinski definition) is 4. The van der Waals surface area contributed by atoms with Crippen molar-refractivity contribution < 1.29 is 19.7 Å². The van der Waals surface area contributed by atoms with Crippen LogP contribution < -0.4 is 0 Å². The first kappa shape index (κ1) is 18.1. The van der Waals surface area contributed by atoms with Crippen molar-refractivity contribution in [2.45, 2.75) is 71.0 Å². The van der Waals surface area contributed by atoms with Crippen LogP contribution in [0.1, 0.15) is 58.8 Å². The van der Waals surface area contributed by atoms with Gasteiger partial charge in [0.1, 0.15) is 0 Å². The minimum Gasteiger partial charge on any atom is -0.463 e. The molecule has 0 aliphatic heterocycles. The molecule has 0 rings (SSSR count). The fourth-order valence-corrected chi connectivity index (χ4v) is 1.80. The van der Waals surface area contributed by atoms with Gasteiger partial charge in [0.25, 0.3) is 0 Å². The lowest BCUT2D eigenvalue weighted by Crippen LogP contribution is -2.23. The number of aliphatic hydroxyl groups is 2. The van der Waals surface area contributed by atoms with Gasteiger partial charge in [-0.05, 0) is 19.4 Å². The summed E-state index contributed by atoms with van der Waals surface area (Å²) in [6, 6.07) is 0. The summed E-state index contributed by atoms with van der Waals surface area (Å²) in [7, 11) is 0. The summed E-state index contributed by atoms with van der Waals surface area (Å²) in [6.45, 7) is 4.20. The molecule has 2 atom stereocenters. The highest BCUT2D eigenvalue weighted by Gasteiger charge is 2.13. The summed E-state index contributed by atoms with van der Waals surface area (Å²) in [5.74, 6) is -0.492. The fourth-order valence-electron chi connectivity index (χ4n) is 1.80. The molecular weight excluding hydrogens is 244 g/mol. The maximum Gasteiger partial charge on any atom is 0.330 e. The summed E-state index contributed by atoms with van der Waals surface area (Å²) in [4.78, 5) is 11.0. The molecule has 2 N–H and O–H groups in total. The molecule has 0 saturated heterocycles. The Bertz CT molecular complexity index is 251. The first-order chi connectivity index (χ1) is 9.11. The van der Waals surface area contributed by atoms with Gasteiger partial charge in [0.15, 0.2) is 0 Å². The lowest BCUT2D eigenvalue weighted by molar-refractivity contribution is -0.137. The summed E-state index contributed by atoms with van der Waals surface area (Å²) in [6.07, 6.45) is 8.07. The number of ether oxygens (including phenoxy) is 1. The lowest BCUT2D eigenvalue weighted by atomic mass is 10.0. The van der Waals surface area contributed by atoms with E-state index < -0.39 is 18.2 Å². The van der Waals surface area contributed by atoms with Gasteiger partial charge in [-0.3, -0.25) is 0 Å². The zero-order valence-electron chi connectivity index (χ0n) is 12.2. The number of rotatable bonds is 11. The molecule has 0 spiro atoms. The third kappa shape index (κ3) is 10.7. The Kier molecular flexibility index (Phi) is 11.6. The fraction of sp³-hybridized carbons (Fsp3) is 0.800. The first-order valence-electron chi connectivity index (χ1n) is 7.32. The number of unbranched alkanes of at least 4 members (excludes halogenated alkanes) is 5. The average Bonchev–Trinajstić information content (AvgIpc) is 2.40. The number of hydrogen-bond donors (Lipinski definition) is 2. The molecule has 112 valence electrons. The molecular formula is C15H28O4. The summed E-state index contributed by atoms with van der Waals surface area (Å²) in [5, 5.41) is 19.3. The molecule has 0 aromatic carbocycles. The van der Waals surface area contributed by atoms with E-state index in [0.29, 0.717) is 13.0 Å². The van der Waals surface area contributed by atoms with Gasteiger partial charge in [-0.2, -0.15) is 0 Å². The molecule has 0 unspecified atom stereocenters. The SMILES string of the molecule is CCCCCCCC[C@@H](O)[C@H](O)/C=C/C(=O)OCC. The van der Waals surface area contributed by atoms with Crippen LogP contribution >= 0.6 is 0 Å². The maximum atomic E-state index is 11.0. The van der Waals surface area contributed by atoms with Gasteiger partial charge in [-0.25, -0.2) is 4.79 Å². The maximum absolute atomic E-state index is 11.0. The van der Waals surface area contributed by atoms with Crippen LogP contribution in [0.2, 0.25) is 0 Å². The second kappa shape index (κ2) is 12.2. The van der Waals surface area contributed by atoms with Gasteiger partial charge in [0.2, 0.25) is 0 Å². The van der Waals surface area contributed by atoms with E-state index >= 15 is 0 Å². The van der Waals surface area contributed by atoms with E-state index in [0.717, 1.165) is 12.8 Å². The van der Waals surface area contributed by atoms with Crippen molar-refractivity contribution in [1.82, 2.24) is 0 Å². The molecule has 0 aliphatic carbocycles. The zero-order valence-corrected chi connectivity index (χ0v) is 12.2. The van der Waals surface area contributed by atoms with Gasteiger partial charge in [0, 0.05) is 6.08 Å². The molecule has 0 heterocycles. The standard InChI is InChI=1S/C15H28O4/c1-3-5-6-7-8-9-10-13(16)14(17)11-12-15(18)19-4-2/h11-14,16-17H,3-10H2,1-2H3/b12-11+/t13-,14-/m1/s1. The normalized spacial score (nSPS) is 14.5.